The zero-order valence-electron chi connectivity index (χ0n) is 16.3. The smallest absolute Gasteiger partial charge is 0.313 e. The third-order valence-corrected chi connectivity index (χ3v) is 4.21. The van der Waals surface area contributed by atoms with Crippen molar-refractivity contribution in [1.82, 2.24) is 20.0 Å². The second kappa shape index (κ2) is 8.64. The van der Waals surface area contributed by atoms with Crippen LogP contribution in [0, 0.1) is 5.82 Å². The van der Waals surface area contributed by atoms with Crippen LogP contribution in [0.25, 0.3) is 0 Å². The summed E-state index contributed by atoms with van der Waals surface area (Å²) in [6.45, 7) is 3.98. The van der Waals surface area contributed by atoms with E-state index < -0.39 is 17.2 Å². The molecule has 9 heteroatoms. The Morgan fingerprint density at radius 1 is 1.14 bits per heavy atom. The molecule has 0 spiro atoms. The molecule has 28 heavy (non-hydrogen) atoms. The molecule has 0 saturated heterocycles. The van der Waals surface area contributed by atoms with E-state index in [1.807, 2.05) is 13.8 Å². The fourth-order valence-corrected chi connectivity index (χ4v) is 2.37. The number of rotatable bonds is 6. The van der Waals surface area contributed by atoms with E-state index in [2.05, 4.69) is 15.7 Å². The van der Waals surface area contributed by atoms with E-state index in [-0.39, 0.29) is 24.8 Å². The highest BCUT2D eigenvalue weighted by atomic mass is 19.1. The number of benzene rings is 1. The molecular weight excluding hydrogens is 365 g/mol. The molecule has 3 amide bonds. The summed E-state index contributed by atoms with van der Waals surface area (Å²) in [7, 11) is 3.26. The number of nitrogens with one attached hydrogen (secondary N) is 2. The summed E-state index contributed by atoms with van der Waals surface area (Å²) in [6, 6.07) is 5.99. The van der Waals surface area contributed by atoms with Crippen LogP contribution in [0.4, 0.5) is 10.1 Å². The molecular formula is C19H24FN5O3. The molecule has 2 N–H and O–H groups in total. The van der Waals surface area contributed by atoms with Crippen molar-refractivity contribution in [3.8, 4) is 0 Å². The molecule has 0 unspecified atom stereocenters. The monoisotopic (exact) mass is 389 g/mol. The summed E-state index contributed by atoms with van der Waals surface area (Å²) in [4.78, 5) is 37.2. The van der Waals surface area contributed by atoms with Crippen LogP contribution in [0.1, 0.15) is 19.4 Å². The maximum Gasteiger partial charge on any atom is 0.313 e. The number of carbonyl (C=O) groups is 3. The first-order valence-electron chi connectivity index (χ1n) is 8.66. The van der Waals surface area contributed by atoms with E-state index >= 15 is 0 Å². The Morgan fingerprint density at radius 2 is 1.79 bits per heavy atom. The minimum Gasteiger partial charge on any atom is -0.347 e. The van der Waals surface area contributed by atoms with Crippen molar-refractivity contribution >= 4 is 23.4 Å². The van der Waals surface area contributed by atoms with Gasteiger partial charge in [0.1, 0.15) is 12.4 Å². The average Bonchev–Trinajstić information content (AvgIpc) is 3.06. The van der Waals surface area contributed by atoms with Crippen molar-refractivity contribution in [2.24, 2.45) is 0 Å². The highest BCUT2D eigenvalue weighted by Gasteiger charge is 2.23. The van der Waals surface area contributed by atoms with Gasteiger partial charge in [-0.2, -0.15) is 5.10 Å². The van der Waals surface area contributed by atoms with Gasteiger partial charge in [0.15, 0.2) is 0 Å². The summed E-state index contributed by atoms with van der Waals surface area (Å²) in [5.74, 6) is -2.13. The van der Waals surface area contributed by atoms with Gasteiger partial charge in [-0.05, 0) is 17.7 Å². The van der Waals surface area contributed by atoms with E-state index in [0.717, 1.165) is 5.56 Å². The third kappa shape index (κ3) is 5.63. The fourth-order valence-electron chi connectivity index (χ4n) is 2.37. The van der Waals surface area contributed by atoms with Crippen LogP contribution < -0.4 is 10.6 Å². The van der Waals surface area contributed by atoms with E-state index in [0.29, 0.717) is 5.69 Å². The Morgan fingerprint density at radius 3 is 2.39 bits per heavy atom. The molecule has 2 rings (SSSR count). The van der Waals surface area contributed by atoms with Crippen LogP contribution >= 0.6 is 0 Å². The summed E-state index contributed by atoms with van der Waals surface area (Å²) in [5.41, 5.74) is 0.659. The lowest BCUT2D eigenvalue weighted by Crippen LogP contribution is -2.42. The Bertz CT molecular complexity index is 859. The van der Waals surface area contributed by atoms with Crippen molar-refractivity contribution in [3.63, 3.8) is 0 Å². The first-order chi connectivity index (χ1) is 13.1. The Labute approximate surface area is 162 Å². The largest absolute Gasteiger partial charge is 0.347 e. The first-order valence-corrected chi connectivity index (χ1v) is 8.66. The molecule has 0 saturated carbocycles. The van der Waals surface area contributed by atoms with Crippen molar-refractivity contribution in [2.45, 2.75) is 25.8 Å². The van der Waals surface area contributed by atoms with Gasteiger partial charge in [0.2, 0.25) is 5.91 Å². The zero-order chi connectivity index (χ0) is 20.9. The standard InChI is InChI=1S/C19H24FN5O3/c1-19(2,13-5-7-14(20)8-6-13)12-21-17(27)18(28)23-15-9-22-25(10-15)11-16(26)24(3)4/h5-10H,11-12H2,1-4H3,(H,21,27)(H,23,28). The Balaban J connectivity index is 1.89. The van der Waals surface area contributed by atoms with E-state index in [1.165, 1.54) is 34.1 Å². The van der Waals surface area contributed by atoms with E-state index in [9.17, 15) is 18.8 Å². The zero-order valence-corrected chi connectivity index (χ0v) is 16.3. The SMILES string of the molecule is CN(C)C(=O)Cn1cc(NC(=O)C(=O)NCC(C)(C)c2ccc(F)cc2)cn1. The summed E-state index contributed by atoms with van der Waals surface area (Å²) >= 11 is 0. The van der Waals surface area contributed by atoms with Crippen molar-refractivity contribution in [3.05, 3.63) is 48.0 Å². The Kier molecular flexibility index (Phi) is 6.50. The van der Waals surface area contributed by atoms with Gasteiger partial charge in [-0.3, -0.25) is 19.1 Å². The maximum absolute atomic E-state index is 13.1. The summed E-state index contributed by atoms with van der Waals surface area (Å²) < 4.78 is 14.4. The molecule has 1 aromatic heterocycles. The predicted molar refractivity (Wildman–Crippen MR) is 102 cm³/mol. The molecule has 1 heterocycles. The summed E-state index contributed by atoms with van der Waals surface area (Å²) in [6.07, 6.45) is 2.83. The van der Waals surface area contributed by atoms with Crippen molar-refractivity contribution < 1.29 is 18.8 Å². The van der Waals surface area contributed by atoms with Crippen LogP contribution in [0.3, 0.4) is 0 Å². The van der Waals surface area contributed by atoms with Crippen LogP contribution in [-0.2, 0) is 26.3 Å². The quantitative estimate of drug-likeness (QED) is 0.724. The van der Waals surface area contributed by atoms with Crippen molar-refractivity contribution in [2.75, 3.05) is 26.0 Å². The third-order valence-electron chi connectivity index (χ3n) is 4.21. The molecule has 0 aliphatic rings. The molecule has 0 atom stereocenters. The number of nitrogens with zero attached hydrogens (tertiary/aromatic N) is 3. The molecule has 150 valence electrons. The van der Waals surface area contributed by atoms with Gasteiger partial charge in [-0.15, -0.1) is 0 Å². The maximum atomic E-state index is 13.1. The molecule has 1 aromatic carbocycles. The minimum absolute atomic E-state index is 0.0287. The highest BCUT2D eigenvalue weighted by molar-refractivity contribution is 6.39. The normalized spacial score (nSPS) is 11.0. The number of halogens is 1. The molecule has 0 bridgehead atoms. The topological polar surface area (TPSA) is 96.3 Å². The molecule has 0 radical (unpaired) electrons. The van der Waals surface area contributed by atoms with Gasteiger partial charge in [0.25, 0.3) is 0 Å². The van der Waals surface area contributed by atoms with Crippen molar-refractivity contribution in [1.29, 1.82) is 0 Å². The van der Waals surface area contributed by atoms with Gasteiger partial charge in [0.05, 0.1) is 11.9 Å². The number of carbonyl (C=O) groups excluding carboxylic acids is 3. The number of amides is 3. The van der Waals surface area contributed by atoms with Crippen LogP contribution in [0.5, 0.6) is 0 Å². The van der Waals surface area contributed by atoms with Gasteiger partial charge in [-0.1, -0.05) is 26.0 Å². The van der Waals surface area contributed by atoms with E-state index in [4.69, 9.17) is 0 Å². The van der Waals surface area contributed by atoms with E-state index in [1.54, 1.807) is 26.2 Å². The van der Waals surface area contributed by atoms with Gasteiger partial charge < -0.3 is 15.5 Å². The molecule has 0 aliphatic carbocycles. The minimum atomic E-state index is -0.839. The van der Waals surface area contributed by atoms with Gasteiger partial charge >= 0.3 is 11.8 Å². The summed E-state index contributed by atoms with van der Waals surface area (Å²) in [5, 5.41) is 8.99. The van der Waals surface area contributed by atoms with Crippen LogP contribution in [-0.4, -0.2) is 53.0 Å². The molecule has 8 nitrogen and oxygen atoms in total. The van der Waals surface area contributed by atoms with Crippen LogP contribution in [0.15, 0.2) is 36.7 Å². The second-order valence-electron chi connectivity index (χ2n) is 7.24. The average molecular weight is 389 g/mol. The van der Waals surface area contributed by atoms with Gasteiger partial charge in [0, 0.05) is 32.3 Å². The lowest BCUT2D eigenvalue weighted by Gasteiger charge is -2.25. The molecule has 2 aromatic rings. The van der Waals surface area contributed by atoms with Gasteiger partial charge in [-0.25, -0.2) is 4.39 Å². The molecule has 0 fully saturated rings. The predicted octanol–water partition coefficient (Wildman–Crippen LogP) is 1.14. The molecule has 0 aliphatic heterocycles. The van der Waals surface area contributed by atoms with Crippen LogP contribution in [0.2, 0.25) is 0 Å². The number of likely N-dealkylation sites (N-methyl/N-ethyl adjacent to an activating group) is 1. The number of hydrogen-bond acceptors (Lipinski definition) is 4. The number of hydrogen-bond donors (Lipinski definition) is 2. The number of aromatic nitrogens is 2. The lowest BCUT2D eigenvalue weighted by molar-refractivity contribution is -0.136. The highest BCUT2D eigenvalue weighted by Crippen LogP contribution is 2.22. The second-order valence-corrected chi connectivity index (χ2v) is 7.24. The fraction of sp³-hybridized carbons (Fsp3) is 0.368. The Hall–Kier alpha value is -3.23. The lowest BCUT2D eigenvalue weighted by atomic mass is 9.84. The number of anilines is 1. The first kappa shape index (κ1) is 21.1.